The molecule has 1 fully saturated rings. The number of ether oxygens (including phenoxy) is 1. The lowest BCUT2D eigenvalue weighted by Gasteiger charge is -2.11. The van der Waals surface area contributed by atoms with Gasteiger partial charge in [0.2, 0.25) is 11.8 Å². The molecule has 16 heavy (non-hydrogen) atoms. The van der Waals surface area contributed by atoms with Crippen molar-refractivity contribution in [1.82, 2.24) is 16.0 Å². The molecule has 0 unspecified atom stereocenters. The first kappa shape index (κ1) is 12.9. The Hall–Kier alpha value is -1.14. The van der Waals surface area contributed by atoms with Crippen LogP contribution in [0, 0.1) is 0 Å². The van der Waals surface area contributed by atoms with Crippen LogP contribution in [0.1, 0.15) is 12.8 Å². The van der Waals surface area contributed by atoms with Crippen LogP contribution in [0.3, 0.4) is 0 Å². The lowest BCUT2D eigenvalue weighted by Crippen LogP contribution is -2.43. The van der Waals surface area contributed by atoms with Gasteiger partial charge in [0.1, 0.15) is 6.04 Å². The van der Waals surface area contributed by atoms with Gasteiger partial charge in [-0.15, -0.1) is 0 Å². The van der Waals surface area contributed by atoms with Gasteiger partial charge in [-0.2, -0.15) is 0 Å². The summed E-state index contributed by atoms with van der Waals surface area (Å²) < 4.78 is 4.87. The minimum atomic E-state index is -0.341. The summed E-state index contributed by atoms with van der Waals surface area (Å²) in [6.07, 6.45) is 1.05. The molecule has 6 nitrogen and oxygen atoms in total. The van der Waals surface area contributed by atoms with Crippen molar-refractivity contribution < 1.29 is 14.3 Å². The summed E-state index contributed by atoms with van der Waals surface area (Å²) in [5.74, 6) is -0.141. The topological polar surface area (TPSA) is 79.5 Å². The van der Waals surface area contributed by atoms with Crippen LogP contribution in [-0.2, 0) is 14.3 Å². The highest BCUT2D eigenvalue weighted by Gasteiger charge is 2.26. The average molecular weight is 229 g/mol. The van der Waals surface area contributed by atoms with Crippen molar-refractivity contribution in [1.29, 1.82) is 0 Å². The van der Waals surface area contributed by atoms with Crippen LogP contribution in [0.2, 0.25) is 0 Å². The molecule has 1 aliphatic rings. The van der Waals surface area contributed by atoms with E-state index in [4.69, 9.17) is 4.74 Å². The lowest BCUT2D eigenvalue weighted by molar-refractivity contribution is -0.125. The van der Waals surface area contributed by atoms with E-state index in [1.54, 1.807) is 7.11 Å². The predicted molar refractivity (Wildman–Crippen MR) is 58.9 cm³/mol. The molecule has 1 saturated heterocycles. The van der Waals surface area contributed by atoms with E-state index in [0.717, 1.165) is 6.54 Å². The molecular weight excluding hydrogens is 210 g/mol. The molecule has 0 radical (unpaired) electrons. The third kappa shape index (κ3) is 4.59. The van der Waals surface area contributed by atoms with Crippen molar-refractivity contribution in [3.05, 3.63) is 0 Å². The molecular formula is C10H19N3O3. The van der Waals surface area contributed by atoms with E-state index >= 15 is 0 Å². The minimum absolute atomic E-state index is 0.0432. The first-order chi connectivity index (χ1) is 7.74. The van der Waals surface area contributed by atoms with Crippen molar-refractivity contribution in [3.63, 3.8) is 0 Å². The molecule has 0 saturated carbocycles. The van der Waals surface area contributed by atoms with E-state index in [-0.39, 0.29) is 17.9 Å². The van der Waals surface area contributed by atoms with Crippen LogP contribution >= 0.6 is 0 Å². The average Bonchev–Trinajstić information content (AvgIpc) is 2.70. The molecule has 0 aromatic heterocycles. The Labute approximate surface area is 95.1 Å². The van der Waals surface area contributed by atoms with E-state index in [0.29, 0.717) is 32.5 Å². The lowest BCUT2D eigenvalue weighted by atomic mass is 10.2. The molecule has 0 bridgehead atoms. The fourth-order valence-electron chi connectivity index (χ4n) is 1.51. The summed E-state index contributed by atoms with van der Waals surface area (Å²) in [5.41, 5.74) is 0. The van der Waals surface area contributed by atoms with Crippen molar-refractivity contribution >= 4 is 11.8 Å². The Morgan fingerprint density at radius 3 is 2.94 bits per heavy atom. The number of carbonyl (C=O) groups excluding carboxylic acids is 2. The maximum atomic E-state index is 11.5. The Balaban J connectivity index is 2.00. The number of hydrogen-bond acceptors (Lipinski definition) is 4. The zero-order valence-electron chi connectivity index (χ0n) is 9.54. The number of amides is 2. The number of methoxy groups -OCH3 is 1. The Morgan fingerprint density at radius 2 is 2.31 bits per heavy atom. The number of nitrogens with one attached hydrogen (secondary N) is 3. The predicted octanol–water partition coefficient (Wildman–Crippen LogP) is -1.38. The number of carbonyl (C=O) groups is 2. The van der Waals surface area contributed by atoms with Crippen LogP contribution in [0.5, 0.6) is 0 Å². The van der Waals surface area contributed by atoms with Crippen LogP contribution in [0.15, 0.2) is 0 Å². The second-order valence-corrected chi connectivity index (χ2v) is 3.69. The Bertz CT molecular complexity index is 245. The van der Waals surface area contributed by atoms with Gasteiger partial charge in [0, 0.05) is 33.2 Å². The van der Waals surface area contributed by atoms with E-state index in [9.17, 15) is 9.59 Å². The SMILES string of the molecule is COCCNCCNC(=O)[C@H]1CCC(=O)N1. The fraction of sp³-hybridized carbons (Fsp3) is 0.800. The summed E-state index contributed by atoms with van der Waals surface area (Å²) >= 11 is 0. The van der Waals surface area contributed by atoms with Crippen molar-refractivity contribution in [2.75, 3.05) is 33.4 Å². The molecule has 1 rings (SSSR count). The number of rotatable bonds is 7. The molecule has 2 amide bonds. The maximum absolute atomic E-state index is 11.5. The van der Waals surface area contributed by atoms with Gasteiger partial charge in [-0.1, -0.05) is 0 Å². The molecule has 6 heteroatoms. The molecule has 1 aliphatic heterocycles. The van der Waals surface area contributed by atoms with Crippen molar-refractivity contribution in [3.8, 4) is 0 Å². The van der Waals surface area contributed by atoms with Crippen molar-refractivity contribution in [2.45, 2.75) is 18.9 Å². The zero-order valence-corrected chi connectivity index (χ0v) is 9.54. The second kappa shape index (κ2) is 7.19. The van der Waals surface area contributed by atoms with Crippen LogP contribution in [0.25, 0.3) is 0 Å². The summed E-state index contributed by atoms with van der Waals surface area (Å²) in [7, 11) is 1.65. The van der Waals surface area contributed by atoms with E-state index in [2.05, 4.69) is 16.0 Å². The van der Waals surface area contributed by atoms with Gasteiger partial charge in [-0.25, -0.2) is 0 Å². The molecule has 0 aliphatic carbocycles. The van der Waals surface area contributed by atoms with Crippen molar-refractivity contribution in [2.24, 2.45) is 0 Å². The monoisotopic (exact) mass is 229 g/mol. The molecule has 1 atom stereocenters. The Kier molecular flexibility index (Phi) is 5.81. The summed E-state index contributed by atoms with van der Waals surface area (Å²) in [4.78, 5) is 22.4. The summed E-state index contributed by atoms with van der Waals surface area (Å²) in [5, 5.41) is 8.50. The van der Waals surface area contributed by atoms with Gasteiger partial charge in [0.15, 0.2) is 0 Å². The van der Waals surface area contributed by atoms with Gasteiger partial charge in [-0.05, 0) is 6.42 Å². The zero-order chi connectivity index (χ0) is 11.8. The standard InChI is InChI=1S/C10H19N3O3/c1-16-7-6-11-4-5-12-10(15)8-2-3-9(14)13-8/h8,11H,2-7H2,1H3,(H,12,15)(H,13,14)/t8-/m1/s1. The molecule has 0 aromatic carbocycles. The largest absolute Gasteiger partial charge is 0.383 e. The third-order valence-electron chi connectivity index (χ3n) is 2.40. The van der Waals surface area contributed by atoms with E-state index in [1.807, 2.05) is 0 Å². The molecule has 0 spiro atoms. The minimum Gasteiger partial charge on any atom is -0.383 e. The molecule has 3 N–H and O–H groups in total. The molecule has 0 aromatic rings. The van der Waals surface area contributed by atoms with Gasteiger partial charge in [0.05, 0.1) is 6.61 Å². The number of hydrogen-bond donors (Lipinski definition) is 3. The van der Waals surface area contributed by atoms with Crippen LogP contribution < -0.4 is 16.0 Å². The van der Waals surface area contributed by atoms with Gasteiger partial charge < -0.3 is 20.7 Å². The van der Waals surface area contributed by atoms with E-state index in [1.165, 1.54) is 0 Å². The third-order valence-corrected chi connectivity index (χ3v) is 2.40. The summed E-state index contributed by atoms with van der Waals surface area (Å²) in [6, 6.07) is -0.341. The van der Waals surface area contributed by atoms with Gasteiger partial charge in [0.25, 0.3) is 0 Å². The molecule has 1 heterocycles. The maximum Gasteiger partial charge on any atom is 0.242 e. The van der Waals surface area contributed by atoms with Crippen LogP contribution in [0.4, 0.5) is 0 Å². The smallest absolute Gasteiger partial charge is 0.242 e. The quantitative estimate of drug-likeness (QED) is 0.470. The van der Waals surface area contributed by atoms with E-state index < -0.39 is 0 Å². The van der Waals surface area contributed by atoms with Gasteiger partial charge in [-0.3, -0.25) is 9.59 Å². The highest BCUT2D eigenvalue weighted by Crippen LogP contribution is 2.05. The first-order valence-electron chi connectivity index (χ1n) is 5.50. The molecule has 92 valence electrons. The highest BCUT2D eigenvalue weighted by atomic mass is 16.5. The van der Waals surface area contributed by atoms with Gasteiger partial charge >= 0.3 is 0 Å². The highest BCUT2D eigenvalue weighted by molar-refractivity contribution is 5.90. The second-order valence-electron chi connectivity index (χ2n) is 3.69. The normalized spacial score (nSPS) is 19.6. The first-order valence-corrected chi connectivity index (χ1v) is 5.50. The summed E-state index contributed by atoms with van der Waals surface area (Å²) in [6.45, 7) is 2.70. The van der Waals surface area contributed by atoms with Crippen LogP contribution in [-0.4, -0.2) is 51.2 Å². The Morgan fingerprint density at radius 1 is 1.50 bits per heavy atom. The fourth-order valence-corrected chi connectivity index (χ4v) is 1.51.